The predicted molar refractivity (Wildman–Crippen MR) is 119 cm³/mol. The molecule has 4 N–H and O–H groups in total. The van der Waals surface area contributed by atoms with Crippen LogP contribution in [0.4, 0.5) is 0 Å². The van der Waals surface area contributed by atoms with E-state index in [4.69, 9.17) is 25.1 Å². The molecule has 0 fully saturated rings. The molecule has 10 nitrogen and oxygen atoms in total. The van der Waals surface area contributed by atoms with Gasteiger partial charge in [0.15, 0.2) is 17.1 Å². The van der Waals surface area contributed by atoms with Gasteiger partial charge in [-0.15, -0.1) is 0 Å². The number of carbonyl (C=O) groups excluding carboxylic acids is 3. The number of aliphatic hydroxyl groups is 1. The SMILES string of the molecule is CC(C)(O)C(=O)Oc1cc(CC(N)C(=O)O)ccc1OC(=O)C(C)(C)OC(=O)c1ccccc1. The molecule has 0 heterocycles. The summed E-state index contributed by atoms with van der Waals surface area (Å²) in [7, 11) is 0. The Bertz CT molecular complexity index is 1070. The Hall–Kier alpha value is -3.76. The molecule has 0 saturated heterocycles. The molecule has 0 saturated carbocycles. The van der Waals surface area contributed by atoms with Crippen molar-refractivity contribution in [2.24, 2.45) is 5.73 Å². The number of hydrogen-bond acceptors (Lipinski definition) is 9. The minimum Gasteiger partial charge on any atom is -0.480 e. The summed E-state index contributed by atoms with van der Waals surface area (Å²) in [6.45, 7) is 5.08. The van der Waals surface area contributed by atoms with Crippen LogP contribution in [0, 0.1) is 0 Å². The van der Waals surface area contributed by atoms with Crippen LogP contribution in [-0.4, -0.2) is 51.3 Å². The lowest BCUT2D eigenvalue weighted by Gasteiger charge is -2.24. The zero-order chi connectivity index (χ0) is 25.7. The van der Waals surface area contributed by atoms with Gasteiger partial charge in [-0.2, -0.15) is 0 Å². The number of ether oxygens (including phenoxy) is 3. The third-order valence-electron chi connectivity index (χ3n) is 4.53. The smallest absolute Gasteiger partial charge is 0.355 e. The molecule has 2 rings (SSSR count). The lowest BCUT2D eigenvalue weighted by Crippen LogP contribution is -2.40. The van der Waals surface area contributed by atoms with E-state index in [-0.39, 0.29) is 23.5 Å². The first-order chi connectivity index (χ1) is 15.7. The molecule has 0 bridgehead atoms. The molecule has 0 amide bonds. The van der Waals surface area contributed by atoms with Crippen molar-refractivity contribution in [3.63, 3.8) is 0 Å². The van der Waals surface area contributed by atoms with Gasteiger partial charge in [-0.1, -0.05) is 24.3 Å². The van der Waals surface area contributed by atoms with Gasteiger partial charge in [0.05, 0.1) is 5.56 Å². The molecular formula is C24H27NO9. The largest absolute Gasteiger partial charge is 0.480 e. The average molecular weight is 473 g/mol. The van der Waals surface area contributed by atoms with Gasteiger partial charge < -0.3 is 30.2 Å². The summed E-state index contributed by atoms with van der Waals surface area (Å²) in [5.74, 6) is -4.44. The molecule has 0 aliphatic rings. The number of carbonyl (C=O) groups is 4. The van der Waals surface area contributed by atoms with Crippen molar-refractivity contribution in [1.82, 2.24) is 0 Å². The first-order valence-corrected chi connectivity index (χ1v) is 10.3. The van der Waals surface area contributed by atoms with Crippen LogP contribution in [0.3, 0.4) is 0 Å². The minimum atomic E-state index is -1.86. The molecule has 10 heteroatoms. The van der Waals surface area contributed by atoms with Crippen LogP contribution in [0.5, 0.6) is 11.5 Å². The number of nitrogens with two attached hydrogens (primary N) is 1. The third kappa shape index (κ3) is 7.12. The lowest BCUT2D eigenvalue weighted by molar-refractivity contribution is -0.154. The van der Waals surface area contributed by atoms with Crippen molar-refractivity contribution in [1.29, 1.82) is 0 Å². The van der Waals surface area contributed by atoms with E-state index in [0.29, 0.717) is 5.56 Å². The zero-order valence-corrected chi connectivity index (χ0v) is 19.2. The maximum atomic E-state index is 12.8. The van der Waals surface area contributed by atoms with E-state index < -0.39 is 41.1 Å². The summed E-state index contributed by atoms with van der Waals surface area (Å²) >= 11 is 0. The second-order valence-corrected chi connectivity index (χ2v) is 8.53. The number of carboxylic acids is 1. The van der Waals surface area contributed by atoms with Crippen LogP contribution in [-0.2, 0) is 25.5 Å². The summed E-state index contributed by atoms with van der Waals surface area (Å²) in [5, 5.41) is 18.9. The van der Waals surface area contributed by atoms with E-state index in [1.807, 2.05) is 0 Å². The lowest BCUT2D eigenvalue weighted by atomic mass is 10.1. The molecule has 2 aromatic rings. The maximum absolute atomic E-state index is 12.8. The topological polar surface area (TPSA) is 162 Å². The fraction of sp³-hybridized carbons (Fsp3) is 0.333. The Morgan fingerprint density at radius 3 is 2.06 bits per heavy atom. The third-order valence-corrected chi connectivity index (χ3v) is 4.53. The highest BCUT2D eigenvalue weighted by Crippen LogP contribution is 2.31. The zero-order valence-electron chi connectivity index (χ0n) is 19.2. The second kappa shape index (κ2) is 10.4. The molecule has 34 heavy (non-hydrogen) atoms. The predicted octanol–water partition coefficient (Wildman–Crippen LogP) is 1.86. The van der Waals surface area contributed by atoms with Gasteiger partial charge >= 0.3 is 23.9 Å². The summed E-state index contributed by atoms with van der Waals surface area (Å²) in [6, 6.07) is 10.8. The fourth-order valence-electron chi connectivity index (χ4n) is 2.54. The highest BCUT2D eigenvalue weighted by molar-refractivity contribution is 5.93. The molecule has 1 unspecified atom stereocenters. The van der Waals surface area contributed by atoms with E-state index in [0.717, 1.165) is 0 Å². The van der Waals surface area contributed by atoms with Crippen molar-refractivity contribution in [3.05, 3.63) is 59.7 Å². The highest BCUT2D eigenvalue weighted by atomic mass is 16.6. The van der Waals surface area contributed by atoms with Gasteiger partial charge in [0.1, 0.15) is 6.04 Å². The van der Waals surface area contributed by atoms with E-state index in [9.17, 15) is 24.3 Å². The Balaban J connectivity index is 2.28. The van der Waals surface area contributed by atoms with Crippen LogP contribution in [0.15, 0.2) is 48.5 Å². The van der Waals surface area contributed by atoms with Crippen LogP contribution in [0.25, 0.3) is 0 Å². The summed E-state index contributed by atoms with van der Waals surface area (Å²) < 4.78 is 15.8. The van der Waals surface area contributed by atoms with Gasteiger partial charge in [-0.3, -0.25) is 4.79 Å². The Labute approximate surface area is 196 Å². The molecule has 0 aromatic heterocycles. The monoisotopic (exact) mass is 473 g/mol. The highest BCUT2D eigenvalue weighted by Gasteiger charge is 2.36. The van der Waals surface area contributed by atoms with Crippen LogP contribution in [0.1, 0.15) is 43.6 Å². The van der Waals surface area contributed by atoms with Gasteiger partial charge in [0.2, 0.25) is 5.60 Å². The molecule has 1 atom stereocenters. The van der Waals surface area contributed by atoms with Crippen LogP contribution >= 0.6 is 0 Å². The summed E-state index contributed by atoms with van der Waals surface area (Å²) in [5.41, 5.74) is 2.60. The van der Waals surface area contributed by atoms with Crippen molar-refractivity contribution in [2.75, 3.05) is 0 Å². The fourth-order valence-corrected chi connectivity index (χ4v) is 2.54. The number of rotatable bonds is 9. The Morgan fingerprint density at radius 1 is 0.912 bits per heavy atom. The van der Waals surface area contributed by atoms with Gasteiger partial charge in [0.25, 0.3) is 0 Å². The van der Waals surface area contributed by atoms with Crippen LogP contribution < -0.4 is 15.2 Å². The molecule has 0 spiro atoms. The normalized spacial score (nSPS) is 12.4. The van der Waals surface area contributed by atoms with Crippen molar-refractivity contribution in [2.45, 2.75) is 51.4 Å². The van der Waals surface area contributed by atoms with Gasteiger partial charge in [0, 0.05) is 0 Å². The first-order valence-electron chi connectivity index (χ1n) is 10.3. The molecule has 182 valence electrons. The van der Waals surface area contributed by atoms with Gasteiger partial charge in [-0.05, 0) is 63.9 Å². The Kier molecular flexibility index (Phi) is 8.14. The van der Waals surface area contributed by atoms with E-state index in [1.54, 1.807) is 18.2 Å². The number of benzene rings is 2. The maximum Gasteiger partial charge on any atom is 0.355 e. The first kappa shape index (κ1) is 26.5. The summed E-state index contributed by atoms with van der Waals surface area (Å²) in [6.07, 6.45) is -0.100. The number of carboxylic acid groups (broad SMARTS) is 1. The van der Waals surface area contributed by atoms with Crippen molar-refractivity contribution >= 4 is 23.9 Å². The van der Waals surface area contributed by atoms with Gasteiger partial charge in [-0.25, -0.2) is 14.4 Å². The molecule has 2 aromatic carbocycles. The number of aliphatic carboxylic acids is 1. The standard InChI is InChI=1S/C24H27NO9/c1-23(2,31)21(29)33-18-13-14(12-16(25)19(26)27)10-11-17(18)32-22(30)24(3,4)34-20(28)15-8-6-5-7-9-15/h5-11,13,16,31H,12,25H2,1-4H3,(H,26,27). The quantitative estimate of drug-likeness (QED) is 0.362. The molecule has 0 aliphatic heterocycles. The molecular weight excluding hydrogens is 446 g/mol. The molecule has 0 radical (unpaired) electrons. The summed E-state index contributed by atoms with van der Waals surface area (Å²) in [4.78, 5) is 48.4. The molecule has 0 aliphatic carbocycles. The van der Waals surface area contributed by atoms with E-state index in [1.165, 1.54) is 58.0 Å². The second-order valence-electron chi connectivity index (χ2n) is 8.53. The van der Waals surface area contributed by atoms with Crippen molar-refractivity contribution < 1.29 is 43.6 Å². The minimum absolute atomic E-state index is 0.100. The van der Waals surface area contributed by atoms with Crippen molar-refractivity contribution in [3.8, 4) is 11.5 Å². The number of esters is 3. The van der Waals surface area contributed by atoms with E-state index in [2.05, 4.69) is 0 Å². The Morgan fingerprint density at radius 2 is 1.50 bits per heavy atom. The number of hydrogen-bond donors (Lipinski definition) is 3. The van der Waals surface area contributed by atoms with Crippen LogP contribution in [0.2, 0.25) is 0 Å². The van der Waals surface area contributed by atoms with E-state index >= 15 is 0 Å². The average Bonchev–Trinajstić information content (AvgIpc) is 2.74.